The topological polar surface area (TPSA) is 109 Å². The average Bonchev–Trinajstić information content (AvgIpc) is 3.17. The molecule has 124 valence electrons. The standard InChI is InChI=1S/C14H13ClN6O3/c15-13-18-9-1-4-24-11(9)12(19-13)20-2-3-21-8(7-20)5-16-10(21)6-17-14(22)23/h1,4-5,17H,2-3,6-7H2,(H,22,23). The average molecular weight is 349 g/mol. The summed E-state index contributed by atoms with van der Waals surface area (Å²) in [6, 6.07) is 1.75. The zero-order chi connectivity index (χ0) is 16.7. The summed E-state index contributed by atoms with van der Waals surface area (Å²) in [6.07, 6.45) is 2.23. The summed E-state index contributed by atoms with van der Waals surface area (Å²) >= 11 is 6.00. The zero-order valence-electron chi connectivity index (χ0n) is 12.4. The van der Waals surface area contributed by atoms with Crippen LogP contribution >= 0.6 is 11.6 Å². The van der Waals surface area contributed by atoms with E-state index >= 15 is 0 Å². The lowest BCUT2D eigenvalue weighted by Gasteiger charge is -2.29. The Balaban J connectivity index is 1.62. The van der Waals surface area contributed by atoms with Crippen molar-refractivity contribution in [2.45, 2.75) is 19.6 Å². The number of rotatable bonds is 3. The van der Waals surface area contributed by atoms with Gasteiger partial charge in [0.15, 0.2) is 11.4 Å². The molecule has 1 amide bonds. The molecule has 0 bridgehead atoms. The van der Waals surface area contributed by atoms with Crippen LogP contribution in [-0.2, 0) is 19.6 Å². The largest absolute Gasteiger partial charge is 0.465 e. The van der Waals surface area contributed by atoms with Crippen LogP contribution in [0.2, 0.25) is 5.28 Å². The van der Waals surface area contributed by atoms with Crippen molar-refractivity contribution in [3.8, 4) is 0 Å². The molecule has 1 aliphatic heterocycles. The van der Waals surface area contributed by atoms with Crippen molar-refractivity contribution in [1.29, 1.82) is 0 Å². The Hall–Kier alpha value is -2.81. The molecule has 2 N–H and O–H groups in total. The number of imidazole rings is 1. The van der Waals surface area contributed by atoms with Crippen molar-refractivity contribution >= 4 is 34.6 Å². The first-order chi connectivity index (χ1) is 11.6. The van der Waals surface area contributed by atoms with E-state index in [-0.39, 0.29) is 11.8 Å². The molecule has 0 radical (unpaired) electrons. The number of anilines is 1. The molecule has 4 heterocycles. The lowest BCUT2D eigenvalue weighted by Crippen LogP contribution is -2.35. The van der Waals surface area contributed by atoms with Crippen LogP contribution in [0.1, 0.15) is 11.5 Å². The van der Waals surface area contributed by atoms with E-state index in [1.165, 1.54) is 0 Å². The van der Waals surface area contributed by atoms with Gasteiger partial charge in [-0.2, -0.15) is 4.98 Å². The van der Waals surface area contributed by atoms with E-state index in [1.807, 2.05) is 9.47 Å². The highest BCUT2D eigenvalue weighted by molar-refractivity contribution is 6.28. The fourth-order valence-corrected chi connectivity index (χ4v) is 3.03. The summed E-state index contributed by atoms with van der Waals surface area (Å²) < 4.78 is 7.50. The second-order valence-electron chi connectivity index (χ2n) is 5.35. The highest BCUT2D eigenvalue weighted by Crippen LogP contribution is 2.29. The fourth-order valence-electron chi connectivity index (χ4n) is 2.86. The van der Waals surface area contributed by atoms with E-state index in [9.17, 15) is 4.79 Å². The number of hydrogen-bond acceptors (Lipinski definition) is 6. The third-order valence-corrected chi connectivity index (χ3v) is 4.09. The van der Waals surface area contributed by atoms with E-state index in [0.717, 1.165) is 5.69 Å². The minimum atomic E-state index is -1.07. The van der Waals surface area contributed by atoms with Crippen LogP contribution < -0.4 is 10.2 Å². The molecule has 0 saturated heterocycles. The van der Waals surface area contributed by atoms with E-state index in [4.69, 9.17) is 21.1 Å². The van der Waals surface area contributed by atoms with Crippen LogP contribution in [0.3, 0.4) is 0 Å². The Labute approximate surface area is 140 Å². The molecule has 3 aromatic rings. The number of halogens is 1. The molecule has 0 saturated carbocycles. The summed E-state index contributed by atoms with van der Waals surface area (Å²) in [5, 5.41) is 11.2. The van der Waals surface area contributed by atoms with Crippen LogP contribution in [0.15, 0.2) is 22.9 Å². The third kappa shape index (κ3) is 2.52. The number of carbonyl (C=O) groups is 1. The molecule has 0 fully saturated rings. The SMILES string of the molecule is O=C(O)NCc1ncc2n1CCN(c1nc(Cl)nc3ccoc13)C2. The lowest BCUT2D eigenvalue weighted by atomic mass is 10.3. The quantitative estimate of drug-likeness (QED) is 0.695. The van der Waals surface area contributed by atoms with Gasteiger partial charge in [-0.05, 0) is 11.6 Å². The first kappa shape index (κ1) is 14.8. The Morgan fingerprint density at radius 1 is 1.42 bits per heavy atom. The van der Waals surface area contributed by atoms with Crippen LogP contribution in [-0.4, -0.2) is 37.3 Å². The monoisotopic (exact) mass is 348 g/mol. The minimum Gasteiger partial charge on any atom is -0.465 e. The third-order valence-electron chi connectivity index (χ3n) is 3.92. The molecule has 0 unspecified atom stereocenters. The Morgan fingerprint density at radius 3 is 3.12 bits per heavy atom. The van der Waals surface area contributed by atoms with Gasteiger partial charge in [-0.15, -0.1) is 0 Å². The Morgan fingerprint density at radius 2 is 2.29 bits per heavy atom. The zero-order valence-corrected chi connectivity index (χ0v) is 13.2. The van der Waals surface area contributed by atoms with Crippen molar-refractivity contribution in [3.63, 3.8) is 0 Å². The van der Waals surface area contributed by atoms with Crippen molar-refractivity contribution in [3.05, 3.63) is 35.3 Å². The van der Waals surface area contributed by atoms with Crippen molar-refractivity contribution in [1.82, 2.24) is 24.8 Å². The molecule has 0 spiro atoms. The first-order valence-corrected chi connectivity index (χ1v) is 7.65. The van der Waals surface area contributed by atoms with Gasteiger partial charge in [0.2, 0.25) is 5.28 Å². The number of furan rings is 1. The minimum absolute atomic E-state index is 0.171. The molecule has 0 atom stereocenters. The molecule has 10 heteroatoms. The maximum Gasteiger partial charge on any atom is 0.405 e. The number of nitrogens with one attached hydrogen (secondary N) is 1. The highest BCUT2D eigenvalue weighted by atomic mass is 35.5. The second kappa shape index (κ2) is 5.68. The number of hydrogen-bond donors (Lipinski definition) is 2. The molecular formula is C14H13ClN6O3. The molecular weight excluding hydrogens is 336 g/mol. The first-order valence-electron chi connectivity index (χ1n) is 7.27. The second-order valence-corrected chi connectivity index (χ2v) is 5.69. The molecule has 0 aromatic carbocycles. The summed E-state index contributed by atoms with van der Waals surface area (Å²) in [5.41, 5.74) is 2.23. The van der Waals surface area contributed by atoms with Gasteiger partial charge in [-0.3, -0.25) is 0 Å². The smallest absolute Gasteiger partial charge is 0.405 e. The van der Waals surface area contributed by atoms with Crippen LogP contribution in [0.25, 0.3) is 11.1 Å². The fraction of sp³-hybridized carbons (Fsp3) is 0.286. The normalized spacial score (nSPS) is 14.0. The van der Waals surface area contributed by atoms with E-state index in [1.54, 1.807) is 18.5 Å². The number of aromatic nitrogens is 4. The summed E-state index contributed by atoms with van der Waals surface area (Å²) in [6.45, 7) is 2.09. The Bertz CT molecular complexity index is 921. The predicted molar refractivity (Wildman–Crippen MR) is 85.0 cm³/mol. The molecule has 0 aliphatic carbocycles. The van der Waals surface area contributed by atoms with Gasteiger partial charge in [0, 0.05) is 19.2 Å². The lowest BCUT2D eigenvalue weighted by molar-refractivity contribution is 0.193. The van der Waals surface area contributed by atoms with E-state index in [0.29, 0.717) is 42.4 Å². The summed E-state index contributed by atoms with van der Waals surface area (Å²) in [5.74, 6) is 1.34. The molecule has 9 nitrogen and oxygen atoms in total. The number of nitrogens with zero attached hydrogens (tertiary/aromatic N) is 5. The molecule has 1 aliphatic rings. The van der Waals surface area contributed by atoms with Gasteiger partial charge in [-0.1, -0.05) is 0 Å². The molecule has 24 heavy (non-hydrogen) atoms. The maximum atomic E-state index is 10.6. The summed E-state index contributed by atoms with van der Waals surface area (Å²) in [4.78, 5) is 25.4. The number of carboxylic acid groups (broad SMARTS) is 1. The predicted octanol–water partition coefficient (Wildman–Crippen LogP) is 1.86. The van der Waals surface area contributed by atoms with Crippen molar-refractivity contribution in [2.24, 2.45) is 0 Å². The van der Waals surface area contributed by atoms with E-state index in [2.05, 4.69) is 20.3 Å². The van der Waals surface area contributed by atoms with Gasteiger partial charge >= 0.3 is 6.09 Å². The highest BCUT2D eigenvalue weighted by Gasteiger charge is 2.24. The van der Waals surface area contributed by atoms with Crippen LogP contribution in [0.4, 0.5) is 10.6 Å². The maximum absolute atomic E-state index is 10.6. The summed E-state index contributed by atoms with van der Waals surface area (Å²) in [7, 11) is 0. The van der Waals surface area contributed by atoms with Crippen molar-refractivity contribution in [2.75, 3.05) is 11.4 Å². The van der Waals surface area contributed by atoms with E-state index < -0.39 is 6.09 Å². The Kier molecular flexibility index (Phi) is 3.49. The number of amides is 1. The number of fused-ring (bicyclic) bond motifs is 2. The molecule has 4 rings (SSSR count). The van der Waals surface area contributed by atoms with Gasteiger partial charge in [0.25, 0.3) is 0 Å². The van der Waals surface area contributed by atoms with Crippen molar-refractivity contribution < 1.29 is 14.3 Å². The van der Waals surface area contributed by atoms with Gasteiger partial charge < -0.3 is 24.3 Å². The van der Waals surface area contributed by atoms with Gasteiger partial charge in [-0.25, -0.2) is 14.8 Å². The van der Waals surface area contributed by atoms with Gasteiger partial charge in [0.05, 0.1) is 31.2 Å². The molecule has 3 aromatic heterocycles. The van der Waals surface area contributed by atoms with Crippen LogP contribution in [0.5, 0.6) is 0 Å². The van der Waals surface area contributed by atoms with Gasteiger partial charge in [0.1, 0.15) is 11.3 Å². The van der Waals surface area contributed by atoms with Crippen LogP contribution in [0, 0.1) is 0 Å².